The molecule has 1 saturated heterocycles. The molecule has 0 bridgehead atoms. The van der Waals surface area contributed by atoms with Crippen LogP contribution in [0.1, 0.15) is 38.7 Å². The Labute approximate surface area is 132 Å². The van der Waals surface area contributed by atoms with E-state index in [2.05, 4.69) is 18.8 Å². The van der Waals surface area contributed by atoms with Gasteiger partial charge in [0.25, 0.3) is 10.0 Å². The zero-order valence-corrected chi connectivity index (χ0v) is 14.2. The molecule has 1 atom stereocenters. The highest BCUT2D eigenvalue weighted by atomic mass is 35.5. The average Bonchev–Trinajstić information content (AvgIpc) is 2.73. The zero-order valence-electron chi connectivity index (χ0n) is 12.6. The SMILES string of the molecule is CC(C)C1CCCN(S(=O)(=O)c2ccc(CCl)cn2)CC1. The molecule has 118 valence electrons. The molecule has 2 heterocycles. The molecule has 1 aromatic rings. The molecule has 1 fully saturated rings. The second-order valence-electron chi connectivity index (χ2n) is 5.98. The fraction of sp³-hybridized carbons (Fsp3) is 0.667. The smallest absolute Gasteiger partial charge is 0.243 e. The average molecular weight is 331 g/mol. The van der Waals surface area contributed by atoms with Gasteiger partial charge in [0.15, 0.2) is 5.03 Å². The quantitative estimate of drug-likeness (QED) is 0.796. The van der Waals surface area contributed by atoms with Gasteiger partial charge in [-0.05, 0) is 42.7 Å². The highest BCUT2D eigenvalue weighted by Crippen LogP contribution is 2.27. The van der Waals surface area contributed by atoms with Crippen molar-refractivity contribution in [1.82, 2.24) is 9.29 Å². The summed E-state index contributed by atoms with van der Waals surface area (Å²) in [6.07, 6.45) is 4.48. The molecule has 0 aromatic carbocycles. The number of aromatic nitrogens is 1. The Bertz CT molecular complexity index is 558. The molecule has 6 heteroatoms. The van der Waals surface area contributed by atoms with Crippen molar-refractivity contribution in [2.75, 3.05) is 13.1 Å². The predicted octanol–water partition coefficient (Wildman–Crippen LogP) is 3.27. The maximum absolute atomic E-state index is 12.6. The number of pyridine rings is 1. The minimum absolute atomic E-state index is 0.124. The third kappa shape index (κ3) is 3.96. The largest absolute Gasteiger partial charge is 0.260 e. The predicted molar refractivity (Wildman–Crippen MR) is 84.7 cm³/mol. The lowest BCUT2D eigenvalue weighted by molar-refractivity contribution is 0.340. The molecule has 1 aromatic heterocycles. The van der Waals surface area contributed by atoms with E-state index in [9.17, 15) is 8.42 Å². The van der Waals surface area contributed by atoms with Gasteiger partial charge in [0.2, 0.25) is 0 Å². The molecule has 0 aliphatic carbocycles. The fourth-order valence-corrected chi connectivity index (χ4v) is 4.34. The first-order valence-electron chi connectivity index (χ1n) is 7.46. The monoisotopic (exact) mass is 330 g/mol. The second-order valence-corrected chi connectivity index (χ2v) is 8.13. The molecule has 0 radical (unpaired) electrons. The van der Waals surface area contributed by atoms with Gasteiger partial charge in [-0.25, -0.2) is 13.4 Å². The van der Waals surface area contributed by atoms with Crippen LogP contribution in [0.5, 0.6) is 0 Å². The van der Waals surface area contributed by atoms with Gasteiger partial charge in [-0.15, -0.1) is 11.6 Å². The van der Waals surface area contributed by atoms with E-state index in [4.69, 9.17) is 11.6 Å². The number of hydrogen-bond acceptors (Lipinski definition) is 3. The van der Waals surface area contributed by atoms with Crippen LogP contribution >= 0.6 is 11.6 Å². The van der Waals surface area contributed by atoms with Crippen molar-refractivity contribution >= 4 is 21.6 Å². The lowest BCUT2D eigenvalue weighted by Gasteiger charge is -2.20. The first-order chi connectivity index (χ1) is 9.95. The molecule has 0 spiro atoms. The van der Waals surface area contributed by atoms with Crippen LogP contribution in [-0.2, 0) is 15.9 Å². The Hall–Kier alpha value is -0.650. The number of alkyl halides is 1. The summed E-state index contributed by atoms with van der Waals surface area (Å²) in [5.74, 6) is 1.55. The Morgan fingerprint density at radius 1 is 1.33 bits per heavy atom. The van der Waals surface area contributed by atoms with Crippen LogP contribution in [0.15, 0.2) is 23.4 Å². The highest BCUT2D eigenvalue weighted by molar-refractivity contribution is 7.89. The summed E-state index contributed by atoms with van der Waals surface area (Å²) in [6.45, 7) is 5.59. The topological polar surface area (TPSA) is 50.3 Å². The third-order valence-electron chi connectivity index (χ3n) is 4.23. The first kappa shape index (κ1) is 16.7. The number of sulfonamides is 1. The lowest BCUT2D eigenvalue weighted by Crippen LogP contribution is -2.32. The van der Waals surface area contributed by atoms with Gasteiger partial charge >= 0.3 is 0 Å². The Morgan fingerprint density at radius 3 is 2.67 bits per heavy atom. The Balaban J connectivity index is 2.15. The summed E-state index contributed by atoms with van der Waals surface area (Å²) in [5, 5.41) is 0.124. The molecule has 4 nitrogen and oxygen atoms in total. The normalized spacial score (nSPS) is 21.4. The molecule has 21 heavy (non-hydrogen) atoms. The summed E-state index contributed by atoms with van der Waals surface area (Å²) in [7, 11) is -3.48. The second kappa shape index (κ2) is 7.07. The third-order valence-corrected chi connectivity index (χ3v) is 6.35. The van der Waals surface area contributed by atoms with E-state index in [0.29, 0.717) is 30.8 Å². The minimum Gasteiger partial charge on any atom is -0.243 e. The molecule has 2 rings (SSSR count). The van der Waals surface area contributed by atoms with Gasteiger partial charge in [0.05, 0.1) is 0 Å². The molecule has 0 amide bonds. The Kier molecular flexibility index (Phi) is 5.63. The number of hydrogen-bond donors (Lipinski definition) is 0. The molecule has 1 unspecified atom stereocenters. The molecular weight excluding hydrogens is 308 g/mol. The van der Waals surface area contributed by atoms with E-state index in [1.807, 2.05) is 0 Å². The van der Waals surface area contributed by atoms with Crippen LogP contribution in [0.25, 0.3) is 0 Å². The van der Waals surface area contributed by atoms with Crippen molar-refractivity contribution in [3.63, 3.8) is 0 Å². The molecular formula is C15H23ClN2O2S. The van der Waals surface area contributed by atoms with Crippen molar-refractivity contribution in [2.24, 2.45) is 11.8 Å². The lowest BCUT2D eigenvalue weighted by atomic mass is 9.89. The van der Waals surface area contributed by atoms with Gasteiger partial charge in [-0.3, -0.25) is 0 Å². The maximum Gasteiger partial charge on any atom is 0.260 e. The highest BCUT2D eigenvalue weighted by Gasteiger charge is 2.29. The van der Waals surface area contributed by atoms with E-state index >= 15 is 0 Å². The van der Waals surface area contributed by atoms with Crippen molar-refractivity contribution in [3.05, 3.63) is 23.9 Å². The van der Waals surface area contributed by atoms with Crippen molar-refractivity contribution in [1.29, 1.82) is 0 Å². The van der Waals surface area contributed by atoms with Crippen LogP contribution in [-0.4, -0.2) is 30.8 Å². The summed E-state index contributed by atoms with van der Waals surface area (Å²) >= 11 is 5.71. The molecule has 1 aliphatic heterocycles. The summed E-state index contributed by atoms with van der Waals surface area (Å²) < 4.78 is 26.9. The Morgan fingerprint density at radius 2 is 2.10 bits per heavy atom. The van der Waals surface area contributed by atoms with Gasteiger partial charge in [-0.2, -0.15) is 4.31 Å². The van der Waals surface area contributed by atoms with Crippen LogP contribution in [0.4, 0.5) is 0 Å². The van der Waals surface area contributed by atoms with E-state index in [1.54, 1.807) is 16.4 Å². The molecule has 0 saturated carbocycles. The number of rotatable bonds is 4. The zero-order chi connectivity index (χ0) is 15.5. The van der Waals surface area contributed by atoms with Crippen LogP contribution in [0.2, 0.25) is 0 Å². The van der Waals surface area contributed by atoms with Crippen molar-refractivity contribution in [2.45, 2.75) is 44.0 Å². The van der Waals surface area contributed by atoms with Crippen LogP contribution < -0.4 is 0 Å². The summed E-state index contributed by atoms with van der Waals surface area (Å²) in [5.41, 5.74) is 0.825. The standard InChI is InChI=1S/C15H23ClN2O2S/c1-12(2)14-4-3-8-18(9-7-14)21(19,20)15-6-5-13(10-16)11-17-15/h5-6,11-12,14H,3-4,7-10H2,1-2H3. The van der Waals surface area contributed by atoms with Crippen molar-refractivity contribution in [3.8, 4) is 0 Å². The maximum atomic E-state index is 12.6. The van der Waals surface area contributed by atoms with Gasteiger partial charge in [-0.1, -0.05) is 19.9 Å². The summed E-state index contributed by atoms with van der Waals surface area (Å²) in [4.78, 5) is 4.07. The summed E-state index contributed by atoms with van der Waals surface area (Å²) in [6, 6.07) is 3.28. The van der Waals surface area contributed by atoms with Gasteiger partial charge in [0.1, 0.15) is 0 Å². The van der Waals surface area contributed by atoms with E-state index in [0.717, 1.165) is 24.8 Å². The molecule has 1 aliphatic rings. The fourth-order valence-electron chi connectivity index (χ4n) is 2.78. The van der Waals surface area contributed by atoms with Gasteiger partial charge < -0.3 is 0 Å². The number of halogens is 1. The first-order valence-corrected chi connectivity index (χ1v) is 9.43. The van der Waals surface area contributed by atoms with E-state index < -0.39 is 10.0 Å². The van der Waals surface area contributed by atoms with Crippen molar-refractivity contribution < 1.29 is 8.42 Å². The van der Waals surface area contributed by atoms with Gasteiger partial charge in [0, 0.05) is 25.2 Å². The van der Waals surface area contributed by atoms with Crippen LogP contribution in [0.3, 0.4) is 0 Å². The molecule has 0 N–H and O–H groups in total. The van der Waals surface area contributed by atoms with Crippen LogP contribution in [0, 0.1) is 11.8 Å². The van der Waals surface area contributed by atoms with E-state index in [-0.39, 0.29) is 5.03 Å². The minimum atomic E-state index is -3.48. The van der Waals surface area contributed by atoms with E-state index in [1.165, 1.54) is 6.20 Å². The number of nitrogens with zero attached hydrogens (tertiary/aromatic N) is 2.